The van der Waals surface area contributed by atoms with Crippen LogP contribution in [0.2, 0.25) is 0 Å². The summed E-state index contributed by atoms with van der Waals surface area (Å²) in [7, 11) is 0. The highest BCUT2D eigenvalue weighted by atomic mass is 32.1. The summed E-state index contributed by atoms with van der Waals surface area (Å²) in [4.78, 5) is 20.2. The number of aromatic nitrogens is 2. The van der Waals surface area contributed by atoms with Crippen molar-refractivity contribution < 1.29 is 13.9 Å². The van der Waals surface area contributed by atoms with Crippen LogP contribution in [0.1, 0.15) is 22.5 Å². The number of hydrogen-bond acceptors (Lipinski definition) is 5. The van der Waals surface area contributed by atoms with Crippen molar-refractivity contribution in [2.75, 3.05) is 6.61 Å². The number of pyridine rings is 1. The Labute approximate surface area is 143 Å². The third-order valence-electron chi connectivity index (χ3n) is 3.40. The minimum Gasteiger partial charge on any atom is -0.461 e. The second kappa shape index (κ2) is 7.79. The molecule has 122 valence electrons. The minimum absolute atomic E-state index is 0.281. The van der Waals surface area contributed by atoms with Crippen LogP contribution in [0.5, 0.6) is 0 Å². The van der Waals surface area contributed by atoms with Crippen LogP contribution in [0.25, 0.3) is 10.6 Å². The number of benzene rings is 1. The lowest BCUT2D eigenvalue weighted by Crippen LogP contribution is -2.07. The zero-order valence-corrected chi connectivity index (χ0v) is 13.6. The Balaban J connectivity index is 1.51. The standard InChI is InChI=1S/C18H15FN2O2S/c19-15-5-3-14(4-6-15)17-21-16(12-24-17)18(22)23-11-1-2-13-7-9-20-10-8-13/h3-10,12H,1-2,11H2. The van der Waals surface area contributed by atoms with Gasteiger partial charge in [-0.15, -0.1) is 11.3 Å². The first-order chi connectivity index (χ1) is 11.7. The van der Waals surface area contributed by atoms with E-state index in [0.29, 0.717) is 11.6 Å². The van der Waals surface area contributed by atoms with E-state index in [9.17, 15) is 9.18 Å². The molecule has 2 heterocycles. The molecule has 0 spiro atoms. The molecular formula is C18H15FN2O2S. The minimum atomic E-state index is -0.436. The maximum atomic E-state index is 12.9. The SMILES string of the molecule is O=C(OCCCc1ccncc1)c1csc(-c2ccc(F)cc2)n1. The Morgan fingerprint density at radius 1 is 1.12 bits per heavy atom. The summed E-state index contributed by atoms with van der Waals surface area (Å²) in [6.45, 7) is 0.338. The Morgan fingerprint density at radius 3 is 2.62 bits per heavy atom. The van der Waals surface area contributed by atoms with Crippen molar-refractivity contribution in [1.82, 2.24) is 9.97 Å². The summed E-state index contributed by atoms with van der Waals surface area (Å²) in [6, 6.07) is 9.89. The molecule has 3 aromatic rings. The normalized spacial score (nSPS) is 10.5. The molecule has 6 heteroatoms. The molecule has 2 aromatic heterocycles. The van der Waals surface area contributed by atoms with Gasteiger partial charge in [0.2, 0.25) is 0 Å². The highest BCUT2D eigenvalue weighted by molar-refractivity contribution is 7.13. The molecule has 0 atom stereocenters. The van der Waals surface area contributed by atoms with Gasteiger partial charge in [-0.25, -0.2) is 14.2 Å². The van der Waals surface area contributed by atoms with Gasteiger partial charge in [0.05, 0.1) is 6.61 Å². The van der Waals surface area contributed by atoms with Crippen molar-refractivity contribution in [3.8, 4) is 10.6 Å². The van der Waals surface area contributed by atoms with Gasteiger partial charge in [-0.3, -0.25) is 4.98 Å². The maximum absolute atomic E-state index is 12.9. The Hall–Kier alpha value is -2.60. The number of aryl methyl sites for hydroxylation is 1. The molecule has 0 saturated heterocycles. The molecule has 0 aliphatic carbocycles. The van der Waals surface area contributed by atoms with E-state index in [1.807, 2.05) is 12.1 Å². The molecule has 1 aromatic carbocycles. The smallest absolute Gasteiger partial charge is 0.357 e. The lowest BCUT2D eigenvalue weighted by atomic mass is 10.1. The fourth-order valence-corrected chi connectivity index (χ4v) is 2.95. The molecule has 24 heavy (non-hydrogen) atoms. The summed E-state index contributed by atoms with van der Waals surface area (Å²) in [6.07, 6.45) is 5.06. The number of carbonyl (C=O) groups excluding carboxylic acids is 1. The number of hydrogen-bond donors (Lipinski definition) is 0. The third-order valence-corrected chi connectivity index (χ3v) is 4.29. The lowest BCUT2D eigenvalue weighted by molar-refractivity contribution is 0.0495. The molecular weight excluding hydrogens is 327 g/mol. The first-order valence-electron chi connectivity index (χ1n) is 7.50. The lowest BCUT2D eigenvalue weighted by Gasteiger charge is -2.03. The summed E-state index contributed by atoms with van der Waals surface area (Å²) in [5.74, 6) is -0.738. The number of halogens is 1. The number of carbonyl (C=O) groups is 1. The van der Waals surface area contributed by atoms with E-state index in [1.54, 1.807) is 29.9 Å². The zero-order valence-electron chi connectivity index (χ0n) is 12.8. The number of thiazole rings is 1. The number of esters is 1. The quantitative estimate of drug-likeness (QED) is 0.499. The molecule has 0 aliphatic heterocycles. The second-order valence-corrected chi connectivity index (χ2v) is 6.00. The molecule has 3 rings (SSSR count). The molecule has 0 aliphatic rings. The Morgan fingerprint density at radius 2 is 1.88 bits per heavy atom. The molecule has 0 bridgehead atoms. The van der Waals surface area contributed by atoms with Gasteiger partial charge in [0, 0.05) is 23.3 Å². The van der Waals surface area contributed by atoms with Gasteiger partial charge in [-0.05, 0) is 54.8 Å². The van der Waals surface area contributed by atoms with Crippen molar-refractivity contribution in [2.24, 2.45) is 0 Å². The van der Waals surface area contributed by atoms with Gasteiger partial charge in [0.15, 0.2) is 5.69 Å². The number of ether oxygens (including phenoxy) is 1. The van der Waals surface area contributed by atoms with Gasteiger partial charge >= 0.3 is 5.97 Å². The average molecular weight is 342 g/mol. The molecule has 0 unspecified atom stereocenters. The Kier molecular flexibility index (Phi) is 5.28. The van der Waals surface area contributed by atoms with Gasteiger partial charge in [-0.1, -0.05) is 0 Å². The molecule has 0 fully saturated rings. The molecule has 4 nitrogen and oxygen atoms in total. The van der Waals surface area contributed by atoms with E-state index in [0.717, 1.165) is 24.0 Å². The predicted molar refractivity (Wildman–Crippen MR) is 90.3 cm³/mol. The first-order valence-corrected chi connectivity index (χ1v) is 8.38. The van der Waals surface area contributed by atoms with E-state index in [4.69, 9.17) is 4.74 Å². The predicted octanol–water partition coefficient (Wildman–Crippen LogP) is 4.13. The summed E-state index contributed by atoms with van der Waals surface area (Å²) < 4.78 is 18.2. The highest BCUT2D eigenvalue weighted by Gasteiger charge is 2.13. The molecule has 0 saturated carbocycles. The highest BCUT2D eigenvalue weighted by Crippen LogP contribution is 2.24. The van der Waals surface area contributed by atoms with Crippen LogP contribution in [-0.4, -0.2) is 22.5 Å². The van der Waals surface area contributed by atoms with Crippen LogP contribution in [-0.2, 0) is 11.2 Å². The van der Waals surface area contributed by atoms with Crippen LogP contribution in [0.4, 0.5) is 4.39 Å². The van der Waals surface area contributed by atoms with Gasteiger partial charge < -0.3 is 4.74 Å². The molecule has 0 radical (unpaired) electrons. The van der Waals surface area contributed by atoms with Crippen molar-refractivity contribution in [3.05, 3.63) is 71.2 Å². The number of rotatable bonds is 6. The second-order valence-electron chi connectivity index (χ2n) is 5.14. The summed E-state index contributed by atoms with van der Waals surface area (Å²) in [5.41, 5.74) is 2.22. The fraction of sp³-hybridized carbons (Fsp3) is 0.167. The van der Waals surface area contributed by atoms with Gasteiger partial charge in [-0.2, -0.15) is 0 Å². The van der Waals surface area contributed by atoms with Crippen molar-refractivity contribution >= 4 is 17.3 Å². The summed E-state index contributed by atoms with van der Waals surface area (Å²) in [5, 5.41) is 2.32. The van der Waals surface area contributed by atoms with Gasteiger partial charge in [0.25, 0.3) is 0 Å². The monoisotopic (exact) mass is 342 g/mol. The van der Waals surface area contributed by atoms with Crippen LogP contribution in [0.15, 0.2) is 54.2 Å². The van der Waals surface area contributed by atoms with Crippen LogP contribution >= 0.6 is 11.3 Å². The van der Waals surface area contributed by atoms with E-state index in [1.165, 1.54) is 23.5 Å². The fourth-order valence-electron chi connectivity index (χ4n) is 2.16. The Bertz CT molecular complexity index is 803. The van der Waals surface area contributed by atoms with Crippen LogP contribution in [0.3, 0.4) is 0 Å². The van der Waals surface area contributed by atoms with Crippen molar-refractivity contribution in [1.29, 1.82) is 0 Å². The maximum Gasteiger partial charge on any atom is 0.357 e. The third kappa shape index (κ3) is 4.23. The van der Waals surface area contributed by atoms with Gasteiger partial charge in [0.1, 0.15) is 10.8 Å². The van der Waals surface area contributed by atoms with E-state index in [-0.39, 0.29) is 11.5 Å². The zero-order chi connectivity index (χ0) is 16.8. The number of nitrogens with zero attached hydrogens (tertiary/aromatic N) is 2. The van der Waals surface area contributed by atoms with Crippen molar-refractivity contribution in [2.45, 2.75) is 12.8 Å². The van der Waals surface area contributed by atoms with Crippen LogP contribution in [0, 0.1) is 5.82 Å². The van der Waals surface area contributed by atoms with E-state index < -0.39 is 5.97 Å². The largest absolute Gasteiger partial charge is 0.461 e. The van der Waals surface area contributed by atoms with Crippen LogP contribution < -0.4 is 0 Å². The molecule has 0 N–H and O–H groups in total. The average Bonchev–Trinajstić information content (AvgIpc) is 3.10. The first kappa shape index (κ1) is 16.3. The van der Waals surface area contributed by atoms with Crippen molar-refractivity contribution in [3.63, 3.8) is 0 Å². The van der Waals surface area contributed by atoms with E-state index in [2.05, 4.69) is 9.97 Å². The summed E-state index contributed by atoms with van der Waals surface area (Å²) >= 11 is 1.33. The molecule has 0 amide bonds. The van der Waals surface area contributed by atoms with E-state index >= 15 is 0 Å². The topological polar surface area (TPSA) is 52.1 Å².